The van der Waals surface area contributed by atoms with Crippen LogP contribution in [0.15, 0.2) is 77.3 Å². The zero-order valence-corrected chi connectivity index (χ0v) is 21.6. The van der Waals surface area contributed by atoms with Crippen molar-refractivity contribution in [2.45, 2.75) is 33.6 Å². The summed E-state index contributed by atoms with van der Waals surface area (Å²) in [6.07, 6.45) is 1.55. The van der Waals surface area contributed by atoms with Crippen molar-refractivity contribution in [2.75, 3.05) is 13.7 Å². The number of carbonyl (C=O) groups is 2. The molecule has 0 fully saturated rings. The average Bonchev–Trinajstić information content (AvgIpc) is 3.26. The summed E-state index contributed by atoms with van der Waals surface area (Å²) in [6, 6.07) is 16.0. The number of fused-ring (bicyclic) bond motifs is 3. The Morgan fingerprint density at radius 1 is 0.865 bits per heavy atom. The Kier molecular flexibility index (Phi) is 7.48. The first-order chi connectivity index (χ1) is 17.7. The van der Waals surface area contributed by atoms with Gasteiger partial charge in [0.05, 0.1) is 13.7 Å². The van der Waals surface area contributed by atoms with Crippen LogP contribution in [-0.4, -0.2) is 25.7 Å². The second-order valence-corrected chi connectivity index (χ2v) is 9.08. The van der Waals surface area contributed by atoms with Gasteiger partial charge in [-0.25, -0.2) is 9.59 Å². The molecule has 190 valence electrons. The van der Waals surface area contributed by atoms with Gasteiger partial charge in [-0.15, -0.1) is 0 Å². The van der Waals surface area contributed by atoms with Crippen LogP contribution in [0.3, 0.4) is 0 Å². The van der Waals surface area contributed by atoms with Crippen LogP contribution < -0.4 is 9.47 Å². The monoisotopic (exact) mass is 498 g/mol. The Labute approximate surface area is 216 Å². The molecule has 3 aromatic carbocycles. The zero-order chi connectivity index (χ0) is 26.7. The molecule has 6 heteroatoms. The Bertz CT molecular complexity index is 1520. The third-order valence-corrected chi connectivity index (χ3v) is 6.19. The van der Waals surface area contributed by atoms with Crippen LogP contribution in [0.5, 0.6) is 11.5 Å². The first-order valence-corrected chi connectivity index (χ1v) is 12.0. The highest BCUT2D eigenvalue weighted by atomic mass is 16.6. The maximum absolute atomic E-state index is 12.1. The van der Waals surface area contributed by atoms with Gasteiger partial charge < -0.3 is 18.6 Å². The SMILES string of the molecule is C=C(C)C(=O)OCCCc1ccc(-c2ccc3c(oc4c(OC)c(OC(=O)C(=C)C)ccc43)c2C)cc1. The highest BCUT2D eigenvalue weighted by Gasteiger charge is 2.20. The number of hydrogen-bond acceptors (Lipinski definition) is 6. The van der Waals surface area contributed by atoms with Crippen molar-refractivity contribution in [3.8, 4) is 22.6 Å². The fraction of sp³-hybridized carbons (Fsp3) is 0.226. The van der Waals surface area contributed by atoms with Crippen molar-refractivity contribution in [3.05, 3.63) is 84.0 Å². The molecule has 1 heterocycles. The molecule has 0 aliphatic rings. The van der Waals surface area contributed by atoms with Gasteiger partial charge in [-0.1, -0.05) is 43.5 Å². The van der Waals surface area contributed by atoms with Gasteiger partial charge in [0.15, 0.2) is 11.3 Å². The van der Waals surface area contributed by atoms with E-state index in [1.165, 1.54) is 12.7 Å². The number of rotatable bonds is 9. The summed E-state index contributed by atoms with van der Waals surface area (Å²) < 4.78 is 22.5. The van der Waals surface area contributed by atoms with Crippen LogP contribution in [0, 0.1) is 6.92 Å². The number of benzene rings is 3. The van der Waals surface area contributed by atoms with E-state index in [-0.39, 0.29) is 11.7 Å². The molecule has 0 radical (unpaired) electrons. The van der Waals surface area contributed by atoms with Crippen LogP contribution in [0.25, 0.3) is 33.1 Å². The van der Waals surface area contributed by atoms with Crippen molar-refractivity contribution in [1.82, 2.24) is 0 Å². The van der Waals surface area contributed by atoms with Crippen molar-refractivity contribution < 1.29 is 28.2 Å². The molecular formula is C31H30O6. The summed E-state index contributed by atoms with van der Waals surface area (Å²) in [6.45, 7) is 12.8. The number of hydrogen-bond donors (Lipinski definition) is 0. The molecule has 0 bridgehead atoms. The summed E-state index contributed by atoms with van der Waals surface area (Å²) in [5.74, 6) is -0.232. The third-order valence-electron chi connectivity index (χ3n) is 6.19. The van der Waals surface area contributed by atoms with E-state index in [9.17, 15) is 9.59 Å². The molecule has 0 atom stereocenters. The van der Waals surface area contributed by atoms with Crippen molar-refractivity contribution in [1.29, 1.82) is 0 Å². The summed E-state index contributed by atoms with van der Waals surface area (Å²) >= 11 is 0. The fourth-order valence-corrected chi connectivity index (χ4v) is 4.18. The minimum Gasteiger partial charge on any atom is -0.490 e. The number of methoxy groups -OCH3 is 1. The predicted octanol–water partition coefficient (Wildman–Crippen LogP) is 7.10. The minimum atomic E-state index is -0.524. The molecule has 0 saturated carbocycles. The smallest absolute Gasteiger partial charge is 0.338 e. The molecule has 4 aromatic rings. The minimum absolute atomic E-state index is 0.282. The number of carbonyl (C=O) groups excluding carboxylic acids is 2. The van der Waals surface area contributed by atoms with Crippen molar-refractivity contribution in [3.63, 3.8) is 0 Å². The lowest BCUT2D eigenvalue weighted by molar-refractivity contribution is -0.139. The molecule has 0 aliphatic carbocycles. The van der Waals surface area contributed by atoms with Gasteiger partial charge >= 0.3 is 11.9 Å². The largest absolute Gasteiger partial charge is 0.490 e. The quantitative estimate of drug-likeness (QED) is 0.106. The van der Waals surface area contributed by atoms with Gasteiger partial charge in [-0.05, 0) is 68.5 Å². The predicted molar refractivity (Wildman–Crippen MR) is 145 cm³/mol. The van der Waals surface area contributed by atoms with Crippen molar-refractivity contribution in [2.24, 2.45) is 0 Å². The molecule has 0 amide bonds. The fourth-order valence-electron chi connectivity index (χ4n) is 4.18. The Morgan fingerprint density at radius 3 is 2.16 bits per heavy atom. The van der Waals surface area contributed by atoms with Gasteiger partial charge in [0.1, 0.15) is 5.58 Å². The lowest BCUT2D eigenvalue weighted by Crippen LogP contribution is -2.09. The van der Waals surface area contributed by atoms with Crippen molar-refractivity contribution >= 4 is 33.9 Å². The number of aryl methyl sites for hydroxylation is 2. The molecular weight excluding hydrogens is 468 g/mol. The number of ether oxygens (including phenoxy) is 3. The molecule has 0 saturated heterocycles. The second kappa shape index (κ2) is 10.7. The Balaban J connectivity index is 1.60. The van der Waals surface area contributed by atoms with Crippen LogP contribution in [0.4, 0.5) is 0 Å². The Hall–Kier alpha value is -4.32. The molecule has 0 aliphatic heterocycles. The lowest BCUT2D eigenvalue weighted by atomic mass is 9.96. The number of esters is 2. The van der Waals surface area contributed by atoms with Crippen LogP contribution in [-0.2, 0) is 20.7 Å². The van der Waals surface area contributed by atoms with Crippen LogP contribution >= 0.6 is 0 Å². The first-order valence-electron chi connectivity index (χ1n) is 12.0. The van der Waals surface area contributed by atoms with Crippen LogP contribution in [0.2, 0.25) is 0 Å². The zero-order valence-electron chi connectivity index (χ0n) is 21.6. The van der Waals surface area contributed by atoms with Gasteiger partial charge in [0.2, 0.25) is 5.75 Å². The van der Waals surface area contributed by atoms with Gasteiger partial charge in [0, 0.05) is 27.5 Å². The first kappa shape index (κ1) is 25.8. The summed E-state index contributed by atoms with van der Waals surface area (Å²) in [5.41, 5.74) is 6.26. The van der Waals surface area contributed by atoms with E-state index in [1.54, 1.807) is 19.9 Å². The maximum Gasteiger partial charge on any atom is 0.338 e. The highest BCUT2D eigenvalue weighted by molar-refractivity contribution is 6.10. The lowest BCUT2D eigenvalue weighted by Gasteiger charge is -2.09. The number of furan rings is 1. The van der Waals surface area contributed by atoms with Crippen LogP contribution in [0.1, 0.15) is 31.4 Å². The Morgan fingerprint density at radius 2 is 1.51 bits per heavy atom. The topological polar surface area (TPSA) is 75.0 Å². The van der Waals surface area contributed by atoms with E-state index in [4.69, 9.17) is 18.6 Å². The second-order valence-electron chi connectivity index (χ2n) is 9.08. The summed E-state index contributed by atoms with van der Waals surface area (Å²) in [5, 5.41) is 1.83. The molecule has 6 nitrogen and oxygen atoms in total. The maximum atomic E-state index is 12.1. The standard InChI is InChI=1S/C31H30O6/c1-18(2)30(32)35-17-7-8-21-9-11-22(12-10-21)23-13-14-24-25-15-16-26(36-31(33)19(3)4)29(34-6)28(25)37-27(24)20(23)5/h9-16H,1,3,7-8,17H2,2,4-6H3. The van der Waals surface area contributed by atoms with E-state index in [2.05, 4.69) is 43.5 Å². The molecule has 0 unspecified atom stereocenters. The molecule has 0 N–H and O–H groups in total. The molecule has 4 rings (SSSR count). The molecule has 0 spiro atoms. The summed E-state index contributed by atoms with van der Waals surface area (Å²) in [4.78, 5) is 23.6. The van der Waals surface area contributed by atoms with E-state index < -0.39 is 5.97 Å². The van der Waals surface area contributed by atoms with E-state index in [1.807, 2.05) is 19.1 Å². The van der Waals surface area contributed by atoms with E-state index >= 15 is 0 Å². The average molecular weight is 499 g/mol. The van der Waals surface area contributed by atoms with Gasteiger partial charge in [-0.3, -0.25) is 0 Å². The molecule has 37 heavy (non-hydrogen) atoms. The highest BCUT2D eigenvalue weighted by Crippen LogP contribution is 2.43. The van der Waals surface area contributed by atoms with E-state index in [0.717, 1.165) is 45.9 Å². The third kappa shape index (κ3) is 5.28. The van der Waals surface area contributed by atoms with E-state index in [0.29, 0.717) is 29.1 Å². The normalized spacial score (nSPS) is 10.9. The van der Waals surface area contributed by atoms with Gasteiger partial charge in [0.25, 0.3) is 0 Å². The summed E-state index contributed by atoms with van der Waals surface area (Å²) in [7, 11) is 1.52. The van der Waals surface area contributed by atoms with Gasteiger partial charge in [-0.2, -0.15) is 0 Å². The molecule has 1 aromatic heterocycles.